The van der Waals surface area contributed by atoms with Crippen LogP contribution in [0.4, 0.5) is 0 Å². The highest BCUT2D eigenvalue weighted by Crippen LogP contribution is 2.34. The van der Waals surface area contributed by atoms with Gasteiger partial charge < -0.3 is 10.6 Å². The van der Waals surface area contributed by atoms with Crippen molar-refractivity contribution in [2.75, 3.05) is 13.1 Å². The molecule has 0 bridgehead atoms. The third-order valence-corrected chi connectivity index (χ3v) is 5.59. The molecule has 1 saturated heterocycles. The number of nitrogens with two attached hydrogens (primary N) is 1. The van der Waals surface area contributed by atoms with Crippen LogP contribution in [0.1, 0.15) is 11.3 Å². The van der Waals surface area contributed by atoms with E-state index in [4.69, 9.17) is 5.73 Å². The Bertz CT molecular complexity index is 1150. The zero-order chi connectivity index (χ0) is 20.6. The number of primary amides is 1. The van der Waals surface area contributed by atoms with Crippen LogP contribution < -0.4 is 11.3 Å². The van der Waals surface area contributed by atoms with Gasteiger partial charge >= 0.3 is 0 Å². The molecule has 7 heteroatoms. The van der Waals surface area contributed by atoms with Gasteiger partial charge in [0.2, 0.25) is 11.8 Å². The molecular weight excluding hydrogens is 368 g/mol. The van der Waals surface area contributed by atoms with E-state index in [0.717, 1.165) is 10.9 Å². The van der Waals surface area contributed by atoms with Gasteiger partial charge in [0.25, 0.3) is 5.56 Å². The lowest BCUT2D eigenvalue weighted by molar-refractivity contribution is -0.152. The molecule has 0 saturated carbocycles. The number of aromatic nitrogens is 2. The molecule has 0 atom stereocenters. The topological polar surface area (TPSA) is 98.3 Å². The van der Waals surface area contributed by atoms with Crippen LogP contribution >= 0.6 is 0 Å². The Balaban J connectivity index is 1.51. The van der Waals surface area contributed by atoms with Crippen LogP contribution in [0.25, 0.3) is 10.8 Å². The average molecular weight is 390 g/mol. The number of hydrogen-bond donors (Lipinski definition) is 1. The molecule has 29 heavy (non-hydrogen) atoms. The quantitative estimate of drug-likeness (QED) is 0.709. The average Bonchev–Trinajstić information content (AvgIpc) is 2.69. The lowest BCUT2D eigenvalue weighted by atomic mass is 9.74. The summed E-state index contributed by atoms with van der Waals surface area (Å²) in [7, 11) is 0. The third kappa shape index (κ3) is 3.40. The number of nitrogens with zero attached hydrogens (tertiary/aromatic N) is 3. The van der Waals surface area contributed by atoms with Crippen molar-refractivity contribution in [1.82, 2.24) is 14.7 Å². The van der Waals surface area contributed by atoms with Crippen molar-refractivity contribution < 1.29 is 9.59 Å². The smallest absolute Gasteiger partial charge is 0.275 e. The highest BCUT2D eigenvalue weighted by molar-refractivity contribution is 5.87. The molecule has 0 radical (unpaired) electrons. The first-order chi connectivity index (χ1) is 13.9. The van der Waals surface area contributed by atoms with Gasteiger partial charge in [-0.2, -0.15) is 5.10 Å². The van der Waals surface area contributed by atoms with Crippen molar-refractivity contribution in [2.45, 2.75) is 19.9 Å². The lowest BCUT2D eigenvalue weighted by Gasteiger charge is -2.48. The number of carbonyl (C=O) groups excluding carboxylic acids is 2. The minimum absolute atomic E-state index is 0.162. The predicted molar refractivity (Wildman–Crippen MR) is 109 cm³/mol. The number of benzene rings is 2. The fourth-order valence-corrected chi connectivity index (χ4v) is 3.94. The van der Waals surface area contributed by atoms with Crippen LogP contribution in [-0.2, 0) is 22.6 Å². The van der Waals surface area contributed by atoms with Crippen molar-refractivity contribution in [2.24, 2.45) is 11.1 Å². The van der Waals surface area contributed by atoms with Crippen LogP contribution in [0.3, 0.4) is 0 Å². The molecular formula is C22H22N4O3. The Morgan fingerprint density at radius 2 is 1.66 bits per heavy atom. The second-order valence-corrected chi connectivity index (χ2v) is 7.65. The number of likely N-dealkylation sites (tertiary alicyclic amines) is 1. The van der Waals surface area contributed by atoms with Gasteiger partial charge in [-0.15, -0.1) is 0 Å². The van der Waals surface area contributed by atoms with Gasteiger partial charge in [0.15, 0.2) is 0 Å². The SMILES string of the molecule is Cc1nn(CC(=O)N2CC(Cc3ccccc3)(C(N)=O)C2)c(=O)c2ccccc12. The first kappa shape index (κ1) is 18.9. The van der Waals surface area contributed by atoms with Gasteiger partial charge in [0, 0.05) is 18.5 Å². The molecule has 2 aromatic carbocycles. The molecule has 0 unspecified atom stereocenters. The van der Waals surface area contributed by atoms with Gasteiger partial charge in [0.1, 0.15) is 6.54 Å². The second kappa shape index (κ2) is 7.16. The zero-order valence-electron chi connectivity index (χ0n) is 16.2. The van der Waals surface area contributed by atoms with Crippen LogP contribution in [0, 0.1) is 12.3 Å². The number of hydrogen-bond acceptors (Lipinski definition) is 4. The maximum absolute atomic E-state index is 12.7. The van der Waals surface area contributed by atoms with Crippen molar-refractivity contribution in [1.29, 1.82) is 0 Å². The lowest BCUT2D eigenvalue weighted by Crippen LogP contribution is -2.65. The van der Waals surface area contributed by atoms with Crippen molar-refractivity contribution >= 4 is 22.6 Å². The largest absolute Gasteiger partial charge is 0.369 e. The molecule has 0 aliphatic carbocycles. The molecule has 2 amide bonds. The summed E-state index contributed by atoms with van der Waals surface area (Å²) in [5, 5.41) is 5.60. The van der Waals surface area contributed by atoms with E-state index in [9.17, 15) is 14.4 Å². The van der Waals surface area contributed by atoms with Crippen LogP contribution in [0.5, 0.6) is 0 Å². The molecule has 1 aliphatic heterocycles. The molecule has 1 aliphatic rings. The highest BCUT2D eigenvalue weighted by Gasteiger charge is 2.49. The summed E-state index contributed by atoms with van der Waals surface area (Å²) in [6.45, 7) is 2.14. The van der Waals surface area contributed by atoms with Gasteiger partial charge in [0.05, 0.1) is 16.5 Å². The zero-order valence-corrected chi connectivity index (χ0v) is 16.2. The highest BCUT2D eigenvalue weighted by atomic mass is 16.2. The number of aryl methyl sites for hydroxylation is 1. The number of carbonyl (C=O) groups is 2. The van der Waals surface area contributed by atoms with Crippen molar-refractivity contribution in [3.05, 3.63) is 76.2 Å². The first-order valence-corrected chi connectivity index (χ1v) is 9.48. The summed E-state index contributed by atoms with van der Waals surface area (Å²) in [5.74, 6) is -0.665. The number of rotatable bonds is 5. The molecule has 1 fully saturated rings. The summed E-state index contributed by atoms with van der Waals surface area (Å²) in [4.78, 5) is 39.1. The van der Waals surface area contributed by atoms with E-state index in [0.29, 0.717) is 17.5 Å². The predicted octanol–water partition coefficient (Wildman–Crippen LogP) is 1.26. The molecule has 4 rings (SSSR count). The molecule has 0 spiro atoms. The van der Waals surface area contributed by atoms with E-state index in [2.05, 4.69) is 5.10 Å². The second-order valence-electron chi connectivity index (χ2n) is 7.65. The standard InChI is InChI=1S/C22H22N4O3/c1-15-17-9-5-6-10-18(17)20(28)26(24-15)12-19(27)25-13-22(14-25,21(23)29)11-16-7-3-2-4-8-16/h2-10H,11-14H2,1H3,(H2,23,29). The maximum Gasteiger partial charge on any atom is 0.275 e. The minimum atomic E-state index is -0.769. The number of amides is 2. The maximum atomic E-state index is 12.7. The number of fused-ring (bicyclic) bond motifs is 1. The summed E-state index contributed by atoms with van der Waals surface area (Å²) < 4.78 is 1.20. The van der Waals surface area contributed by atoms with E-state index in [1.54, 1.807) is 17.0 Å². The van der Waals surface area contributed by atoms with Crippen LogP contribution in [-0.4, -0.2) is 39.6 Å². The van der Waals surface area contributed by atoms with Gasteiger partial charge in [-0.3, -0.25) is 14.4 Å². The molecule has 7 nitrogen and oxygen atoms in total. The van der Waals surface area contributed by atoms with E-state index in [1.807, 2.05) is 49.4 Å². The Morgan fingerprint density at radius 1 is 1.03 bits per heavy atom. The first-order valence-electron chi connectivity index (χ1n) is 9.48. The fourth-order valence-electron chi connectivity index (χ4n) is 3.94. The Labute approximate surface area is 167 Å². The summed E-state index contributed by atoms with van der Waals surface area (Å²) in [5.41, 5.74) is 6.28. The Hall–Kier alpha value is -3.48. The van der Waals surface area contributed by atoms with E-state index in [-0.39, 0.29) is 31.1 Å². The molecule has 148 valence electrons. The minimum Gasteiger partial charge on any atom is -0.369 e. The molecule has 3 aromatic rings. The summed E-state index contributed by atoms with van der Waals surface area (Å²) in [6.07, 6.45) is 0.486. The van der Waals surface area contributed by atoms with Gasteiger partial charge in [-0.25, -0.2) is 4.68 Å². The van der Waals surface area contributed by atoms with Gasteiger partial charge in [-0.1, -0.05) is 48.5 Å². The van der Waals surface area contributed by atoms with Crippen molar-refractivity contribution in [3.63, 3.8) is 0 Å². The van der Waals surface area contributed by atoms with E-state index < -0.39 is 11.3 Å². The third-order valence-electron chi connectivity index (χ3n) is 5.59. The fraction of sp³-hybridized carbons (Fsp3) is 0.273. The Kier molecular flexibility index (Phi) is 4.66. The molecule has 1 aromatic heterocycles. The summed E-state index contributed by atoms with van der Waals surface area (Å²) >= 11 is 0. The van der Waals surface area contributed by atoms with Crippen LogP contribution in [0.2, 0.25) is 0 Å². The summed E-state index contributed by atoms with van der Waals surface area (Å²) in [6, 6.07) is 16.8. The van der Waals surface area contributed by atoms with E-state index in [1.165, 1.54) is 4.68 Å². The van der Waals surface area contributed by atoms with E-state index >= 15 is 0 Å². The monoisotopic (exact) mass is 390 g/mol. The molecule has 2 heterocycles. The Morgan fingerprint density at radius 3 is 2.31 bits per heavy atom. The van der Waals surface area contributed by atoms with Gasteiger partial charge in [-0.05, 0) is 25.0 Å². The van der Waals surface area contributed by atoms with Crippen molar-refractivity contribution in [3.8, 4) is 0 Å². The molecule has 2 N–H and O–H groups in total. The normalized spacial score (nSPS) is 15.1. The van der Waals surface area contributed by atoms with Crippen LogP contribution in [0.15, 0.2) is 59.4 Å².